The Labute approximate surface area is 78.7 Å². The number of hydrogen-bond donors (Lipinski definition) is 1. The monoisotopic (exact) mass is 190 g/mol. The van der Waals surface area contributed by atoms with Crippen molar-refractivity contribution in [2.45, 2.75) is 6.10 Å². The van der Waals surface area contributed by atoms with Crippen molar-refractivity contribution in [3.63, 3.8) is 0 Å². The smallest absolute Gasteiger partial charge is 0.456 e. The van der Waals surface area contributed by atoms with Crippen molar-refractivity contribution >= 4 is 17.1 Å². The van der Waals surface area contributed by atoms with Crippen LogP contribution in [0.1, 0.15) is 17.4 Å². The largest absolute Gasteiger partial charge is 0.506 e. The van der Waals surface area contributed by atoms with E-state index in [2.05, 4.69) is 4.74 Å². The zero-order valence-electron chi connectivity index (χ0n) is 7.06. The molecule has 1 heterocycles. The Morgan fingerprint density at radius 1 is 1.43 bits per heavy atom. The van der Waals surface area contributed by atoms with Gasteiger partial charge < -0.3 is 14.3 Å². The molecule has 0 spiro atoms. The summed E-state index contributed by atoms with van der Waals surface area (Å²) < 4.78 is 9.99. The van der Waals surface area contributed by atoms with Crippen LogP contribution in [0, 0.1) is 0 Å². The molecule has 0 amide bonds. The molecule has 0 saturated carbocycles. The highest BCUT2D eigenvalue weighted by Crippen LogP contribution is 2.50. The second kappa shape index (κ2) is 2.29. The van der Waals surface area contributed by atoms with Crippen LogP contribution in [0.15, 0.2) is 28.7 Å². The third-order valence-corrected chi connectivity index (χ3v) is 2.30. The van der Waals surface area contributed by atoms with E-state index < -0.39 is 12.3 Å². The summed E-state index contributed by atoms with van der Waals surface area (Å²) in [5, 5.41) is 9.36. The van der Waals surface area contributed by atoms with Gasteiger partial charge in [-0.1, -0.05) is 18.2 Å². The van der Waals surface area contributed by atoms with Crippen LogP contribution in [-0.2, 0) is 4.74 Å². The predicted molar refractivity (Wildman–Crippen MR) is 47.2 cm³/mol. The molecule has 70 valence electrons. The van der Waals surface area contributed by atoms with Crippen LogP contribution in [0.2, 0.25) is 0 Å². The Balaban J connectivity index is 2.03. The Kier molecular flexibility index (Phi) is 1.21. The van der Waals surface area contributed by atoms with Crippen LogP contribution in [0.25, 0.3) is 11.0 Å². The summed E-state index contributed by atoms with van der Waals surface area (Å²) in [7, 11) is 0. The highest BCUT2D eigenvalue weighted by Gasteiger charge is 2.44. The van der Waals surface area contributed by atoms with Gasteiger partial charge in [0, 0.05) is 5.39 Å². The van der Waals surface area contributed by atoms with E-state index in [9.17, 15) is 4.79 Å². The Bertz CT molecular complexity index is 526. The zero-order chi connectivity index (χ0) is 9.71. The van der Waals surface area contributed by atoms with E-state index in [1.165, 1.54) is 0 Å². The fourth-order valence-electron chi connectivity index (χ4n) is 1.67. The topological polar surface area (TPSA) is 59.7 Å². The average molecular weight is 190 g/mol. The maximum Gasteiger partial charge on any atom is 0.506 e. The minimum Gasteiger partial charge on any atom is -0.456 e. The first kappa shape index (κ1) is 7.44. The molecule has 0 saturated heterocycles. The Morgan fingerprint density at radius 2 is 2.21 bits per heavy atom. The number of carbonyl (C=O) groups is 1. The molecule has 0 fully saturated rings. The second-order valence-electron chi connectivity index (χ2n) is 3.14. The van der Waals surface area contributed by atoms with E-state index in [1.807, 2.05) is 24.3 Å². The fourth-order valence-corrected chi connectivity index (χ4v) is 1.67. The minimum absolute atomic E-state index is 0.470. The Hall–Kier alpha value is -1.97. The van der Waals surface area contributed by atoms with Crippen LogP contribution >= 0.6 is 0 Å². The number of para-hydroxylation sites is 1. The van der Waals surface area contributed by atoms with Crippen molar-refractivity contribution in [2.75, 3.05) is 0 Å². The van der Waals surface area contributed by atoms with Gasteiger partial charge in [0.25, 0.3) is 0 Å². The van der Waals surface area contributed by atoms with Crippen LogP contribution in [-0.4, -0.2) is 11.3 Å². The first-order valence-electron chi connectivity index (χ1n) is 4.18. The molecule has 4 heteroatoms. The van der Waals surface area contributed by atoms with E-state index in [0.29, 0.717) is 5.76 Å². The molecule has 0 aliphatic heterocycles. The van der Waals surface area contributed by atoms with Crippen molar-refractivity contribution < 1.29 is 19.1 Å². The summed E-state index contributed by atoms with van der Waals surface area (Å²) in [6.45, 7) is 0. The Morgan fingerprint density at radius 3 is 3.00 bits per heavy atom. The molecule has 1 aliphatic carbocycles. The summed E-state index contributed by atoms with van der Waals surface area (Å²) in [5.74, 6) is 0.633. The number of hydrogen-bond acceptors (Lipinski definition) is 3. The lowest BCUT2D eigenvalue weighted by Gasteiger charge is -1.97. The summed E-state index contributed by atoms with van der Waals surface area (Å²) in [6, 6.07) is 7.49. The predicted octanol–water partition coefficient (Wildman–Crippen LogP) is 2.53. The van der Waals surface area contributed by atoms with Crippen molar-refractivity contribution in [1.29, 1.82) is 0 Å². The quantitative estimate of drug-likeness (QED) is 0.702. The van der Waals surface area contributed by atoms with E-state index in [4.69, 9.17) is 9.52 Å². The second-order valence-corrected chi connectivity index (χ2v) is 3.14. The molecule has 1 atom stereocenters. The van der Waals surface area contributed by atoms with E-state index in [0.717, 1.165) is 16.5 Å². The van der Waals surface area contributed by atoms with Gasteiger partial charge in [0.2, 0.25) is 0 Å². The van der Waals surface area contributed by atoms with Crippen LogP contribution in [0.5, 0.6) is 0 Å². The molecule has 1 unspecified atom stereocenters. The molecule has 2 aromatic rings. The average Bonchev–Trinajstić information content (AvgIpc) is 2.68. The van der Waals surface area contributed by atoms with E-state index >= 15 is 0 Å². The molecule has 1 aromatic heterocycles. The molecule has 4 nitrogen and oxygen atoms in total. The van der Waals surface area contributed by atoms with E-state index in [1.54, 1.807) is 0 Å². The van der Waals surface area contributed by atoms with Gasteiger partial charge in [-0.05, 0) is 6.07 Å². The van der Waals surface area contributed by atoms with Gasteiger partial charge in [-0.3, -0.25) is 0 Å². The third kappa shape index (κ3) is 0.849. The highest BCUT2D eigenvalue weighted by molar-refractivity contribution is 5.88. The number of fused-ring (bicyclic) bond motifs is 3. The van der Waals surface area contributed by atoms with Crippen molar-refractivity contribution in [3.05, 3.63) is 35.6 Å². The first-order valence-corrected chi connectivity index (χ1v) is 4.18. The molecule has 1 aliphatic rings. The lowest BCUT2D eigenvalue weighted by atomic mass is 10.2. The molecule has 1 N–H and O–H groups in total. The standard InChI is InChI=1S/C10H6O4/c11-10(12)14-9-7-5-3-1-2-4-6(5)13-8(7)9/h1-4,9H,(H,11,12). The zero-order valence-corrected chi connectivity index (χ0v) is 7.06. The van der Waals surface area contributed by atoms with Crippen molar-refractivity contribution in [2.24, 2.45) is 0 Å². The molecule has 0 bridgehead atoms. The van der Waals surface area contributed by atoms with Gasteiger partial charge in [0.05, 0.1) is 5.56 Å². The summed E-state index contributed by atoms with van der Waals surface area (Å²) in [4.78, 5) is 10.3. The van der Waals surface area contributed by atoms with Gasteiger partial charge in [0.15, 0.2) is 11.9 Å². The van der Waals surface area contributed by atoms with Crippen molar-refractivity contribution in [3.8, 4) is 0 Å². The summed E-state index contributed by atoms with van der Waals surface area (Å²) in [6.07, 6.45) is -1.74. The molecular weight excluding hydrogens is 184 g/mol. The maximum absolute atomic E-state index is 10.3. The van der Waals surface area contributed by atoms with Gasteiger partial charge in [-0.15, -0.1) is 0 Å². The number of rotatable bonds is 1. The maximum atomic E-state index is 10.3. The normalized spacial score (nSPS) is 17.9. The lowest BCUT2D eigenvalue weighted by Crippen LogP contribution is -1.97. The fraction of sp³-hybridized carbons (Fsp3) is 0.100. The summed E-state index contributed by atoms with van der Waals surface area (Å²) in [5.41, 5.74) is 1.64. The highest BCUT2D eigenvalue weighted by atomic mass is 16.7. The van der Waals surface area contributed by atoms with Crippen LogP contribution < -0.4 is 0 Å². The first-order chi connectivity index (χ1) is 6.77. The number of furan rings is 1. The van der Waals surface area contributed by atoms with Gasteiger partial charge in [0.1, 0.15) is 5.58 Å². The summed E-state index contributed by atoms with van der Waals surface area (Å²) >= 11 is 0. The van der Waals surface area contributed by atoms with Gasteiger partial charge in [-0.2, -0.15) is 0 Å². The minimum atomic E-state index is -1.27. The van der Waals surface area contributed by atoms with Gasteiger partial charge in [-0.25, -0.2) is 4.79 Å². The lowest BCUT2D eigenvalue weighted by molar-refractivity contribution is 0.0769. The van der Waals surface area contributed by atoms with Crippen LogP contribution in [0.4, 0.5) is 4.79 Å². The molecule has 3 rings (SSSR count). The van der Waals surface area contributed by atoms with Crippen LogP contribution in [0.3, 0.4) is 0 Å². The molecule has 1 aromatic carbocycles. The van der Waals surface area contributed by atoms with Gasteiger partial charge >= 0.3 is 6.16 Å². The van der Waals surface area contributed by atoms with E-state index in [-0.39, 0.29) is 0 Å². The molecule has 0 radical (unpaired) electrons. The van der Waals surface area contributed by atoms with Crippen molar-refractivity contribution in [1.82, 2.24) is 0 Å². The number of benzene rings is 1. The molecular formula is C10H6O4. The molecule has 14 heavy (non-hydrogen) atoms. The number of ether oxygens (including phenoxy) is 1. The third-order valence-electron chi connectivity index (χ3n) is 2.30. The number of carboxylic acid groups (broad SMARTS) is 1. The SMILES string of the molecule is O=C(O)OC1c2oc3ccccc3c21.